The number of piperazine rings is 1. The highest BCUT2D eigenvalue weighted by atomic mass is 16.1. The molecule has 0 amide bonds. The van der Waals surface area contributed by atoms with Gasteiger partial charge in [-0.2, -0.15) is 10.1 Å². The second-order valence-corrected chi connectivity index (χ2v) is 9.47. The Bertz CT molecular complexity index is 1600. The number of hydrogen-bond acceptors (Lipinski definition) is 7. The van der Waals surface area contributed by atoms with E-state index < -0.39 is 0 Å². The van der Waals surface area contributed by atoms with Gasteiger partial charge in [0.1, 0.15) is 0 Å². The van der Waals surface area contributed by atoms with Crippen molar-refractivity contribution in [2.24, 2.45) is 0 Å². The van der Waals surface area contributed by atoms with E-state index in [1.165, 1.54) is 5.69 Å². The summed E-state index contributed by atoms with van der Waals surface area (Å²) in [7, 11) is 0. The lowest BCUT2D eigenvalue weighted by Crippen LogP contribution is -2.46. The van der Waals surface area contributed by atoms with Crippen molar-refractivity contribution in [2.75, 3.05) is 42.9 Å². The summed E-state index contributed by atoms with van der Waals surface area (Å²) >= 11 is 0. The molecular formula is C29H30N8O. The zero-order valence-electron chi connectivity index (χ0n) is 21.6. The molecule has 192 valence electrons. The van der Waals surface area contributed by atoms with E-state index >= 15 is 0 Å². The number of likely N-dealkylation sites (N-methyl/N-ethyl adjacent to an activating group) is 1. The van der Waals surface area contributed by atoms with E-state index in [1.54, 1.807) is 16.8 Å². The number of anilines is 3. The van der Waals surface area contributed by atoms with Crippen LogP contribution in [0.3, 0.4) is 0 Å². The predicted molar refractivity (Wildman–Crippen MR) is 152 cm³/mol. The molecule has 0 saturated carbocycles. The third kappa shape index (κ3) is 4.52. The van der Waals surface area contributed by atoms with E-state index in [2.05, 4.69) is 56.5 Å². The molecule has 2 aromatic carbocycles. The predicted octanol–water partition coefficient (Wildman–Crippen LogP) is 4.36. The molecule has 1 aliphatic heterocycles. The van der Waals surface area contributed by atoms with E-state index in [-0.39, 0.29) is 5.56 Å². The Hall–Kier alpha value is -4.50. The maximum Gasteiger partial charge on any atom is 0.266 e. The number of H-pyrrole nitrogens is 1. The van der Waals surface area contributed by atoms with Crippen molar-refractivity contribution in [1.82, 2.24) is 29.6 Å². The van der Waals surface area contributed by atoms with Crippen molar-refractivity contribution < 1.29 is 0 Å². The van der Waals surface area contributed by atoms with Gasteiger partial charge < -0.3 is 15.1 Å². The topological polar surface area (TPSA) is 95.0 Å². The van der Waals surface area contributed by atoms with Crippen LogP contribution in [0.1, 0.15) is 12.6 Å². The first kappa shape index (κ1) is 23.9. The molecule has 0 atom stereocenters. The normalized spacial score (nSPS) is 14.2. The van der Waals surface area contributed by atoms with Crippen LogP contribution in [-0.4, -0.2) is 62.4 Å². The lowest BCUT2D eigenvalue weighted by Gasteiger charge is -2.35. The van der Waals surface area contributed by atoms with Gasteiger partial charge in [-0.25, -0.2) is 4.98 Å². The number of pyridine rings is 1. The fourth-order valence-electron chi connectivity index (χ4n) is 5.01. The summed E-state index contributed by atoms with van der Waals surface area (Å²) in [6, 6.07) is 21.6. The van der Waals surface area contributed by atoms with Gasteiger partial charge in [0, 0.05) is 49.1 Å². The quantitative estimate of drug-likeness (QED) is 0.353. The standard InChI is InChI=1S/C29H30N8O/c1-3-35-15-17-36(18-16-35)22-11-9-21(10-12-22)32-29-31-20(2)24-19-25(26-13-14-30-34-26)28(38)37(27(24)33-29)23-7-5-4-6-8-23/h4-14,19H,3,15-18H2,1-2H3,(H,30,34)(H,31,32,33). The van der Waals surface area contributed by atoms with E-state index in [0.717, 1.165) is 55.2 Å². The van der Waals surface area contributed by atoms with Gasteiger partial charge in [-0.15, -0.1) is 0 Å². The Morgan fingerprint density at radius 3 is 2.37 bits per heavy atom. The van der Waals surface area contributed by atoms with Crippen LogP contribution in [0.15, 0.2) is 77.7 Å². The number of rotatable bonds is 6. The van der Waals surface area contributed by atoms with E-state index in [1.807, 2.05) is 43.3 Å². The molecule has 3 aromatic heterocycles. The second-order valence-electron chi connectivity index (χ2n) is 9.47. The molecule has 9 nitrogen and oxygen atoms in total. The zero-order chi connectivity index (χ0) is 26.1. The van der Waals surface area contributed by atoms with E-state index in [4.69, 9.17) is 9.97 Å². The van der Waals surface area contributed by atoms with Crippen molar-refractivity contribution in [3.8, 4) is 16.9 Å². The summed E-state index contributed by atoms with van der Waals surface area (Å²) in [6.45, 7) is 9.49. The second kappa shape index (κ2) is 10.1. The molecule has 0 unspecified atom stereocenters. The van der Waals surface area contributed by atoms with Crippen LogP contribution in [0, 0.1) is 6.92 Å². The summed E-state index contributed by atoms with van der Waals surface area (Å²) in [4.78, 5) is 28.2. The van der Waals surface area contributed by atoms with Crippen LogP contribution in [0.2, 0.25) is 0 Å². The van der Waals surface area contributed by atoms with Gasteiger partial charge in [0.15, 0.2) is 5.65 Å². The molecular weight excluding hydrogens is 476 g/mol. The summed E-state index contributed by atoms with van der Waals surface area (Å²) in [6.07, 6.45) is 1.64. The number of benzene rings is 2. The maximum atomic E-state index is 13.7. The van der Waals surface area contributed by atoms with Gasteiger partial charge in [-0.1, -0.05) is 25.1 Å². The van der Waals surface area contributed by atoms with Crippen molar-refractivity contribution >= 4 is 28.4 Å². The van der Waals surface area contributed by atoms with Gasteiger partial charge in [0.25, 0.3) is 5.56 Å². The number of aromatic amines is 1. The molecule has 2 N–H and O–H groups in total. The molecule has 5 aromatic rings. The monoisotopic (exact) mass is 506 g/mol. The Morgan fingerprint density at radius 2 is 1.68 bits per heavy atom. The van der Waals surface area contributed by atoms with Gasteiger partial charge in [0.05, 0.1) is 22.6 Å². The van der Waals surface area contributed by atoms with Gasteiger partial charge in [-0.05, 0) is 62.0 Å². The molecule has 0 bridgehead atoms. The van der Waals surface area contributed by atoms with Gasteiger partial charge in [0.2, 0.25) is 5.95 Å². The lowest BCUT2D eigenvalue weighted by molar-refractivity contribution is 0.271. The van der Waals surface area contributed by atoms with E-state index in [9.17, 15) is 4.79 Å². The van der Waals surface area contributed by atoms with Crippen LogP contribution in [0.25, 0.3) is 28.0 Å². The van der Waals surface area contributed by atoms with E-state index in [0.29, 0.717) is 22.9 Å². The number of fused-ring (bicyclic) bond motifs is 1. The summed E-state index contributed by atoms with van der Waals surface area (Å²) in [5.41, 5.74) is 5.15. The van der Waals surface area contributed by atoms with Crippen LogP contribution >= 0.6 is 0 Å². The molecule has 1 aliphatic rings. The van der Waals surface area contributed by atoms with Crippen molar-refractivity contribution in [3.63, 3.8) is 0 Å². The maximum absolute atomic E-state index is 13.7. The fourth-order valence-corrected chi connectivity index (χ4v) is 5.01. The third-order valence-corrected chi connectivity index (χ3v) is 7.16. The Balaban J connectivity index is 1.36. The molecule has 9 heteroatoms. The lowest BCUT2D eigenvalue weighted by atomic mass is 10.1. The molecule has 1 fully saturated rings. The first-order chi connectivity index (χ1) is 18.6. The van der Waals surface area contributed by atoms with Crippen LogP contribution in [0.4, 0.5) is 17.3 Å². The number of aromatic nitrogens is 5. The number of aryl methyl sites for hydroxylation is 1. The fraction of sp³-hybridized carbons (Fsp3) is 0.241. The average molecular weight is 507 g/mol. The minimum Gasteiger partial charge on any atom is -0.369 e. The molecule has 4 heterocycles. The Labute approximate surface area is 220 Å². The Morgan fingerprint density at radius 1 is 0.921 bits per heavy atom. The average Bonchev–Trinajstić information content (AvgIpc) is 3.49. The number of nitrogens with zero attached hydrogens (tertiary/aromatic N) is 6. The molecule has 0 spiro atoms. The molecule has 0 aliphatic carbocycles. The third-order valence-electron chi connectivity index (χ3n) is 7.16. The first-order valence-corrected chi connectivity index (χ1v) is 12.9. The minimum absolute atomic E-state index is 0.176. The Kier molecular flexibility index (Phi) is 6.35. The van der Waals surface area contributed by atoms with Crippen molar-refractivity contribution in [3.05, 3.63) is 89.0 Å². The van der Waals surface area contributed by atoms with Crippen LogP contribution in [-0.2, 0) is 0 Å². The summed E-state index contributed by atoms with van der Waals surface area (Å²) in [5, 5.41) is 11.1. The smallest absolute Gasteiger partial charge is 0.266 e. The highest BCUT2D eigenvalue weighted by molar-refractivity contribution is 5.85. The summed E-state index contributed by atoms with van der Waals surface area (Å²) < 4.78 is 1.64. The van der Waals surface area contributed by atoms with Crippen molar-refractivity contribution in [1.29, 1.82) is 0 Å². The number of hydrogen-bond donors (Lipinski definition) is 2. The van der Waals surface area contributed by atoms with Crippen LogP contribution in [0.5, 0.6) is 0 Å². The highest BCUT2D eigenvalue weighted by Gasteiger charge is 2.18. The largest absolute Gasteiger partial charge is 0.369 e. The first-order valence-electron chi connectivity index (χ1n) is 12.9. The van der Waals surface area contributed by atoms with Crippen LogP contribution < -0.4 is 15.8 Å². The molecule has 1 saturated heterocycles. The van der Waals surface area contributed by atoms with Crippen molar-refractivity contribution in [2.45, 2.75) is 13.8 Å². The van der Waals surface area contributed by atoms with Gasteiger partial charge >= 0.3 is 0 Å². The SMILES string of the molecule is CCN1CCN(c2ccc(Nc3nc(C)c4cc(-c5ccn[nH]5)c(=O)n(-c5ccccc5)c4n3)cc2)CC1. The van der Waals surface area contributed by atoms with Gasteiger partial charge in [-0.3, -0.25) is 14.5 Å². The number of para-hydroxylation sites is 1. The zero-order valence-corrected chi connectivity index (χ0v) is 21.6. The molecule has 38 heavy (non-hydrogen) atoms. The summed E-state index contributed by atoms with van der Waals surface area (Å²) in [5.74, 6) is 0.442. The highest BCUT2D eigenvalue weighted by Crippen LogP contribution is 2.26. The minimum atomic E-state index is -0.176. The molecule has 0 radical (unpaired) electrons. The molecule has 6 rings (SSSR count). The number of nitrogens with one attached hydrogen (secondary N) is 2.